The largest absolute Gasteiger partial charge is 0.469 e. The molecule has 1 saturated heterocycles. The van der Waals surface area contributed by atoms with E-state index in [2.05, 4.69) is 40.4 Å². The number of unbranched alkanes of at least 4 members (excludes halogenated alkanes) is 4. The van der Waals surface area contributed by atoms with Crippen LogP contribution in [0.2, 0.25) is 18.1 Å². The van der Waals surface area contributed by atoms with E-state index in [1.54, 1.807) is 60.7 Å². The molecule has 13 heteroatoms. The van der Waals surface area contributed by atoms with E-state index in [4.69, 9.17) is 37.9 Å². The van der Waals surface area contributed by atoms with Crippen LogP contribution < -0.4 is 0 Å². The van der Waals surface area contributed by atoms with Crippen LogP contribution in [0.15, 0.2) is 73.3 Å². The number of methoxy groups -OCH3 is 2. The Bertz CT molecular complexity index is 1510. The van der Waals surface area contributed by atoms with Gasteiger partial charge in [-0.1, -0.05) is 89.2 Å². The van der Waals surface area contributed by atoms with Crippen LogP contribution in [0.5, 0.6) is 0 Å². The molecule has 1 fully saturated rings. The average molecular weight is 799 g/mol. The third kappa shape index (κ3) is 13.9. The Hall–Kier alpha value is -3.88. The van der Waals surface area contributed by atoms with Gasteiger partial charge in [0, 0.05) is 26.1 Å². The fraction of sp³-hybridized carbons (Fsp3) is 0.581. The van der Waals surface area contributed by atoms with Crippen molar-refractivity contribution in [1.82, 2.24) is 0 Å². The van der Waals surface area contributed by atoms with Gasteiger partial charge in [-0.3, -0.25) is 9.59 Å². The molecular weight excluding hydrogens is 737 g/mol. The molecule has 1 aliphatic rings. The maximum absolute atomic E-state index is 13.9. The molecule has 1 unspecified atom stereocenters. The lowest BCUT2D eigenvalue weighted by Crippen LogP contribution is -2.69. The van der Waals surface area contributed by atoms with Crippen molar-refractivity contribution in [2.45, 2.75) is 127 Å². The highest BCUT2D eigenvalue weighted by Crippen LogP contribution is 2.44. The number of carbonyl (C=O) groups excluding carboxylic acids is 4. The zero-order valence-electron chi connectivity index (χ0n) is 34.2. The van der Waals surface area contributed by atoms with Crippen LogP contribution in [0, 0.1) is 0 Å². The van der Waals surface area contributed by atoms with Crippen molar-refractivity contribution in [3.05, 3.63) is 84.4 Å². The molecule has 0 aliphatic carbocycles. The smallest absolute Gasteiger partial charge is 0.338 e. The highest BCUT2D eigenvalue weighted by Gasteiger charge is 2.58. The van der Waals surface area contributed by atoms with Crippen molar-refractivity contribution in [3.8, 4) is 0 Å². The molecule has 0 spiro atoms. The first-order chi connectivity index (χ1) is 26.7. The topological polar surface area (TPSA) is 142 Å². The lowest BCUT2D eigenvalue weighted by molar-refractivity contribution is -0.311. The summed E-state index contributed by atoms with van der Waals surface area (Å²) in [5.41, 5.74) is 0.0712. The van der Waals surface area contributed by atoms with Crippen molar-refractivity contribution >= 4 is 32.0 Å². The third-order valence-electron chi connectivity index (χ3n) is 10.5. The quantitative estimate of drug-likeness (QED) is 0.0358. The minimum absolute atomic E-state index is 0.0439. The fourth-order valence-electron chi connectivity index (χ4n) is 6.22. The van der Waals surface area contributed by atoms with Crippen LogP contribution in [0.1, 0.15) is 92.9 Å². The second-order valence-corrected chi connectivity index (χ2v) is 20.9. The highest BCUT2D eigenvalue weighted by molar-refractivity contribution is 6.81. The summed E-state index contributed by atoms with van der Waals surface area (Å²) in [6.45, 7) is 15.4. The highest BCUT2D eigenvalue weighted by atomic mass is 28.3. The number of carbonyl (C=O) groups is 4. The van der Waals surface area contributed by atoms with Gasteiger partial charge >= 0.3 is 23.9 Å². The number of hydrogen-bond acceptors (Lipinski definition) is 12. The average Bonchev–Trinajstić information content (AvgIpc) is 3.19. The minimum atomic E-state index is -2.54. The van der Waals surface area contributed by atoms with E-state index in [0.29, 0.717) is 56.3 Å². The predicted octanol–water partition coefficient (Wildman–Crippen LogP) is 7.65. The number of hydrogen-bond donors (Lipinski definition) is 0. The molecule has 0 aromatic heterocycles. The summed E-state index contributed by atoms with van der Waals surface area (Å²) in [6.07, 6.45) is 0.693. The van der Waals surface area contributed by atoms with E-state index in [1.165, 1.54) is 14.2 Å². The van der Waals surface area contributed by atoms with Crippen molar-refractivity contribution in [3.63, 3.8) is 0 Å². The van der Waals surface area contributed by atoms with Gasteiger partial charge in [0.1, 0.15) is 12.2 Å². The Morgan fingerprint density at radius 2 is 1.21 bits per heavy atom. The Morgan fingerprint density at radius 3 is 1.70 bits per heavy atom. The number of rotatable bonds is 23. The molecule has 12 nitrogen and oxygen atoms in total. The van der Waals surface area contributed by atoms with Gasteiger partial charge in [0.25, 0.3) is 0 Å². The second-order valence-electron chi connectivity index (χ2n) is 15.4. The van der Waals surface area contributed by atoms with Gasteiger partial charge < -0.3 is 37.9 Å². The van der Waals surface area contributed by atoms with Crippen LogP contribution in [0.3, 0.4) is 0 Å². The summed E-state index contributed by atoms with van der Waals surface area (Å²) in [5, 5.41) is -0.218. The molecule has 0 radical (unpaired) electrons. The summed E-state index contributed by atoms with van der Waals surface area (Å²) in [5.74, 6) is -1.78. The Kier molecular flexibility index (Phi) is 19.4. The molecule has 0 N–H and O–H groups in total. The molecular formula is C43H62O12Si. The van der Waals surface area contributed by atoms with Gasteiger partial charge in [-0.25, -0.2) is 9.59 Å². The minimum Gasteiger partial charge on any atom is -0.469 e. The van der Waals surface area contributed by atoms with Crippen LogP contribution in [0.25, 0.3) is 0 Å². The molecule has 2 aromatic rings. The molecule has 1 heterocycles. The van der Waals surface area contributed by atoms with Gasteiger partial charge in [-0.15, -0.1) is 6.58 Å². The number of ether oxygens (including phenoxy) is 8. The maximum atomic E-state index is 13.9. The first-order valence-corrected chi connectivity index (χ1v) is 22.6. The summed E-state index contributed by atoms with van der Waals surface area (Å²) < 4.78 is 48.8. The summed E-state index contributed by atoms with van der Waals surface area (Å²) in [6, 6.07) is 17.2. The normalized spacial score (nSPS) is 20.4. The first-order valence-electron chi connectivity index (χ1n) is 19.5. The van der Waals surface area contributed by atoms with E-state index in [1.807, 2.05) is 6.07 Å². The molecule has 0 bridgehead atoms. The monoisotopic (exact) mass is 798 g/mol. The summed E-state index contributed by atoms with van der Waals surface area (Å²) in [4.78, 5) is 51.1. The van der Waals surface area contributed by atoms with E-state index in [-0.39, 0.29) is 36.6 Å². The molecule has 0 amide bonds. The van der Waals surface area contributed by atoms with Crippen LogP contribution >= 0.6 is 0 Å². The van der Waals surface area contributed by atoms with Gasteiger partial charge in [-0.2, -0.15) is 0 Å². The molecule has 0 saturated carbocycles. The van der Waals surface area contributed by atoms with Crippen LogP contribution in [-0.4, -0.2) is 102 Å². The van der Waals surface area contributed by atoms with E-state index < -0.39 is 56.4 Å². The van der Waals surface area contributed by atoms with Crippen molar-refractivity contribution < 1.29 is 57.1 Å². The third-order valence-corrected chi connectivity index (χ3v) is 16.3. The summed E-state index contributed by atoms with van der Waals surface area (Å²) >= 11 is 0. The van der Waals surface area contributed by atoms with Crippen molar-refractivity contribution in [1.29, 1.82) is 0 Å². The van der Waals surface area contributed by atoms with Gasteiger partial charge in [0.2, 0.25) is 0 Å². The van der Waals surface area contributed by atoms with Gasteiger partial charge in [0.05, 0.1) is 45.8 Å². The van der Waals surface area contributed by atoms with E-state index >= 15 is 0 Å². The second kappa shape index (κ2) is 23.4. The number of benzene rings is 2. The SMILES string of the molecule is C=CCO[C@H]1[C@@H](OC(=O)c2ccccc2)[C@@H](C(OCCCCCC(=O)OC)[Si](C)(C)C(C)(C)C)O[C@H](OCCCCCC(=O)OC)[C@@H]1OC(=O)c1ccccc1. The van der Waals surface area contributed by atoms with Gasteiger partial charge in [-0.05, 0) is 55.0 Å². The maximum Gasteiger partial charge on any atom is 0.338 e. The lowest BCUT2D eigenvalue weighted by Gasteiger charge is -2.52. The predicted molar refractivity (Wildman–Crippen MR) is 214 cm³/mol. The number of esters is 4. The molecule has 56 heavy (non-hydrogen) atoms. The molecule has 6 atom stereocenters. The van der Waals surface area contributed by atoms with Crippen molar-refractivity contribution in [2.75, 3.05) is 34.0 Å². The zero-order chi connectivity index (χ0) is 41.1. The molecule has 2 aromatic carbocycles. The Balaban J connectivity index is 2.09. The van der Waals surface area contributed by atoms with E-state index in [0.717, 1.165) is 6.42 Å². The van der Waals surface area contributed by atoms with E-state index in [9.17, 15) is 19.2 Å². The Labute approximate surface area is 333 Å². The summed E-state index contributed by atoms with van der Waals surface area (Å²) in [7, 11) is 0.196. The molecule has 310 valence electrons. The fourth-order valence-corrected chi connectivity index (χ4v) is 8.70. The lowest BCUT2D eigenvalue weighted by atomic mass is 9.97. The van der Waals surface area contributed by atoms with Crippen LogP contribution in [-0.2, 0) is 47.5 Å². The molecule has 1 aliphatic heterocycles. The van der Waals surface area contributed by atoms with Crippen LogP contribution in [0.4, 0.5) is 0 Å². The zero-order valence-corrected chi connectivity index (χ0v) is 35.2. The van der Waals surface area contributed by atoms with Crippen molar-refractivity contribution in [2.24, 2.45) is 0 Å². The standard InChI is InChI=1S/C43H62O12Si/c1-9-28-50-35-36(53-39(46)31-22-14-10-15-23-31)38(42(56(7,8)43(2,3)4)52-30-21-13-19-27-34(45)49-6)55-41(51-29-20-12-18-26-33(44)48-5)37(35)54-40(47)32-24-16-11-17-25-32/h9-11,14-17,22-25,35-38,41-42H,1,12-13,18-21,26-30H2,2-8H3/t35-,36+,37+,38-,41-,42?/m0/s1. The molecule has 3 rings (SSSR count). The first kappa shape index (κ1) is 46.5. The van der Waals surface area contributed by atoms with Gasteiger partial charge in [0.15, 0.2) is 18.5 Å². The Morgan fingerprint density at radius 1 is 0.714 bits per heavy atom.